The average molecular weight is 398 g/mol. The number of piperidine rings is 1. The van der Waals surface area contributed by atoms with Crippen molar-refractivity contribution in [2.45, 2.75) is 75.5 Å². The highest BCUT2D eigenvalue weighted by molar-refractivity contribution is 5.94. The number of hydrogen-bond donors (Lipinski definition) is 0. The number of rotatable bonds is 5. The predicted octanol–water partition coefficient (Wildman–Crippen LogP) is 3.03. The first-order valence-corrected chi connectivity index (χ1v) is 11.3. The maximum absolute atomic E-state index is 13.1. The largest absolute Gasteiger partial charge is 0.366 e. The molecule has 1 atom stereocenters. The molecule has 3 heterocycles. The van der Waals surface area contributed by atoms with E-state index in [2.05, 4.69) is 9.88 Å². The van der Waals surface area contributed by atoms with Gasteiger partial charge in [0, 0.05) is 31.5 Å². The number of carbonyl (C=O) groups is 2. The number of nitrogens with zero attached hydrogens (tertiary/aromatic N) is 3. The number of carbonyl (C=O) groups excluding carboxylic acids is 2. The molecule has 1 spiro atoms. The number of ether oxygens (including phenoxy) is 1. The second-order valence-corrected chi connectivity index (χ2v) is 9.29. The van der Waals surface area contributed by atoms with Crippen molar-refractivity contribution in [2.75, 3.05) is 19.7 Å². The molecule has 1 aromatic heterocycles. The van der Waals surface area contributed by atoms with Gasteiger partial charge in [-0.05, 0) is 56.6 Å². The van der Waals surface area contributed by atoms with Crippen LogP contribution in [0.15, 0.2) is 24.5 Å². The minimum absolute atomic E-state index is 0.0458. The third-order valence-electron chi connectivity index (χ3n) is 7.37. The lowest BCUT2D eigenvalue weighted by Crippen LogP contribution is -2.78. The zero-order valence-corrected chi connectivity index (χ0v) is 17.1. The van der Waals surface area contributed by atoms with Gasteiger partial charge in [0.2, 0.25) is 0 Å². The van der Waals surface area contributed by atoms with Gasteiger partial charge in [0.15, 0.2) is 6.10 Å². The van der Waals surface area contributed by atoms with Gasteiger partial charge in [-0.25, -0.2) is 0 Å². The molecule has 0 radical (unpaired) electrons. The standard InChI is InChI=1S/C23H31N3O3/c27-21(18-5-4-12-24-15-18)25-13-8-19(9-14-25)26-22(28)20(29-16-17-6-7-17)23(26)10-2-1-3-11-23/h4-5,12,15,17,19-20H,1-3,6-11,13-14,16H2. The van der Waals surface area contributed by atoms with E-state index in [1.807, 2.05) is 11.0 Å². The topological polar surface area (TPSA) is 62.7 Å². The van der Waals surface area contributed by atoms with Gasteiger partial charge in [-0.1, -0.05) is 19.3 Å². The van der Waals surface area contributed by atoms with Crippen LogP contribution < -0.4 is 0 Å². The highest BCUT2D eigenvalue weighted by Gasteiger charge is 2.62. The molecule has 6 nitrogen and oxygen atoms in total. The van der Waals surface area contributed by atoms with Gasteiger partial charge in [-0.2, -0.15) is 0 Å². The SMILES string of the molecule is O=C(c1cccnc1)N1CCC(N2C(=O)C(OCC3CC3)C23CCCCC3)CC1. The van der Waals surface area contributed by atoms with Crippen molar-refractivity contribution in [3.63, 3.8) is 0 Å². The second-order valence-electron chi connectivity index (χ2n) is 9.29. The Bertz CT molecular complexity index is 750. The van der Waals surface area contributed by atoms with Crippen LogP contribution in [0.1, 0.15) is 68.1 Å². The summed E-state index contributed by atoms with van der Waals surface area (Å²) in [5, 5.41) is 0. The quantitative estimate of drug-likeness (QED) is 0.717. The van der Waals surface area contributed by atoms with E-state index >= 15 is 0 Å². The molecule has 0 bridgehead atoms. The molecule has 2 saturated carbocycles. The van der Waals surface area contributed by atoms with E-state index in [0.717, 1.165) is 32.3 Å². The molecule has 0 N–H and O–H groups in total. The van der Waals surface area contributed by atoms with Crippen LogP contribution in [-0.2, 0) is 9.53 Å². The first kappa shape index (κ1) is 19.0. The van der Waals surface area contributed by atoms with Crippen LogP contribution in [0.5, 0.6) is 0 Å². The first-order valence-electron chi connectivity index (χ1n) is 11.3. The molecular formula is C23H31N3O3. The Morgan fingerprint density at radius 3 is 2.55 bits per heavy atom. The zero-order valence-electron chi connectivity index (χ0n) is 17.1. The number of pyridine rings is 1. The molecule has 2 amide bonds. The van der Waals surface area contributed by atoms with Crippen molar-refractivity contribution in [3.05, 3.63) is 30.1 Å². The van der Waals surface area contributed by atoms with Crippen molar-refractivity contribution in [1.82, 2.24) is 14.8 Å². The molecule has 2 aliphatic carbocycles. The molecule has 1 aromatic rings. The van der Waals surface area contributed by atoms with E-state index in [-0.39, 0.29) is 29.5 Å². The van der Waals surface area contributed by atoms with Crippen molar-refractivity contribution in [2.24, 2.45) is 5.92 Å². The van der Waals surface area contributed by atoms with E-state index in [4.69, 9.17) is 4.74 Å². The summed E-state index contributed by atoms with van der Waals surface area (Å²) in [4.78, 5) is 34.0. The smallest absolute Gasteiger partial charge is 0.255 e. The highest BCUT2D eigenvalue weighted by Crippen LogP contribution is 2.48. The molecule has 2 saturated heterocycles. The molecule has 5 rings (SSSR count). The summed E-state index contributed by atoms with van der Waals surface area (Å²) in [6.07, 6.45) is 13.1. The summed E-state index contributed by atoms with van der Waals surface area (Å²) < 4.78 is 6.18. The number of likely N-dealkylation sites (tertiary alicyclic amines) is 2. The van der Waals surface area contributed by atoms with E-state index < -0.39 is 0 Å². The van der Waals surface area contributed by atoms with Gasteiger partial charge in [-0.3, -0.25) is 14.6 Å². The Kier molecular flexibility index (Phi) is 5.06. The fourth-order valence-corrected chi connectivity index (χ4v) is 5.59. The number of amides is 2. The molecule has 4 aliphatic rings. The number of β-lactam (4-membered cyclic amide) rings is 1. The molecule has 4 fully saturated rings. The second kappa shape index (κ2) is 7.71. The van der Waals surface area contributed by atoms with Crippen LogP contribution in [-0.4, -0.2) is 64.0 Å². The van der Waals surface area contributed by atoms with Crippen molar-refractivity contribution in [1.29, 1.82) is 0 Å². The predicted molar refractivity (Wildman–Crippen MR) is 108 cm³/mol. The Hall–Kier alpha value is -1.95. The van der Waals surface area contributed by atoms with Crippen LogP contribution in [0.3, 0.4) is 0 Å². The highest BCUT2D eigenvalue weighted by atomic mass is 16.5. The number of hydrogen-bond acceptors (Lipinski definition) is 4. The molecule has 0 aromatic carbocycles. The van der Waals surface area contributed by atoms with Gasteiger partial charge < -0.3 is 14.5 Å². The van der Waals surface area contributed by atoms with Gasteiger partial charge in [0.25, 0.3) is 11.8 Å². The van der Waals surface area contributed by atoms with Crippen molar-refractivity contribution >= 4 is 11.8 Å². The minimum Gasteiger partial charge on any atom is -0.366 e. The first-order chi connectivity index (χ1) is 14.2. The number of aromatic nitrogens is 1. The van der Waals surface area contributed by atoms with Crippen LogP contribution in [0, 0.1) is 5.92 Å². The minimum atomic E-state index is -0.224. The Morgan fingerprint density at radius 1 is 1.14 bits per heavy atom. The summed E-state index contributed by atoms with van der Waals surface area (Å²) in [6, 6.07) is 3.85. The fourth-order valence-electron chi connectivity index (χ4n) is 5.59. The summed E-state index contributed by atoms with van der Waals surface area (Å²) >= 11 is 0. The maximum atomic E-state index is 13.1. The molecule has 1 unspecified atom stereocenters. The lowest BCUT2D eigenvalue weighted by atomic mass is 9.68. The van der Waals surface area contributed by atoms with Crippen LogP contribution >= 0.6 is 0 Å². The van der Waals surface area contributed by atoms with Crippen molar-refractivity contribution in [3.8, 4) is 0 Å². The molecule has 2 aliphatic heterocycles. The third-order valence-corrected chi connectivity index (χ3v) is 7.37. The average Bonchev–Trinajstić information content (AvgIpc) is 3.60. The molecule has 29 heavy (non-hydrogen) atoms. The Morgan fingerprint density at radius 2 is 1.90 bits per heavy atom. The van der Waals surface area contributed by atoms with Crippen LogP contribution in [0.4, 0.5) is 0 Å². The summed E-state index contributed by atoms with van der Waals surface area (Å²) in [6.45, 7) is 2.15. The van der Waals surface area contributed by atoms with Crippen LogP contribution in [0.25, 0.3) is 0 Å². The van der Waals surface area contributed by atoms with Gasteiger partial charge in [0.05, 0.1) is 17.7 Å². The Balaban J connectivity index is 1.24. The normalized spacial score (nSPS) is 27.2. The molecule has 6 heteroatoms. The Labute approximate surface area is 172 Å². The summed E-state index contributed by atoms with van der Waals surface area (Å²) in [7, 11) is 0. The lowest BCUT2D eigenvalue weighted by Gasteiger charge is -2.62. The summed E-state index contributed by atoms with van der Waals surface area (Å²) in [5.74, 6) is 0.924. The fraction of sp³-hybridized carbons (Fsp3) is 0.696. The van der Waals surface area contributed by atoms with Crippen molar-refractivity contribution < 1.29 is 14.3 Å². The third kappa shape index (κ3) is 3.45. The molecule has 156 valence electrons. The summed E-state index contributed by atoms with van der Waals surface area (Å²) in [5.41, 5.74) is 0.563. The van der Waals surface area contributed by atoms with E-state index in [1.165, 1.54) is 32.1 Å². The van der Waals surface area contributed by atoms with E-state index in [9.17, 15) is 9.59 Å². The monoisotopic (exact) mass is 397 g/mol. The lowest BCUT2D eigenvalue weighted by molar-refractivity contribution is -0.211. The molecular weight excluding hydrogens is 366 g/mol. The maximum Gasteiger partial charge on any atom is 0.255 e. The van der Waals surface area contributed by atoms with Gasteiger partial charge >= 0.3 is 0 Å². The van der Waals surface area contributed by atoms with Gasteiger partial charge in [-0.15, -0.1) is 0 Å². The van der Waals surface area contributed by atoms with E-state index in [0.29, 0.717) is 24.6 Å². The van der Waals surface area contributed by atoms with E-state index in [1.54, 1.807) is 18.5 Å². The zero-order chi connectivity index (χ0) is 19.8. The van der Waals surface area contributed by atoms with Gasteiger partial charge in [0.1, 0.15) is 0 Å². The van der Waals surface area contributed by atoms with Crippen LogP contribution in [0.2, 0.25) is 0 Å².